The Morgan fingerprint density at radius 2 is 2.20 bits per heavy atom. The number of rotatable bonds is 3. The second-order valence-electron chi connectivity index (χ2n) is 2.91. The molecule has 0 aliphatic heterocycles. The van der Waals surface area contributed by atoms with Crippen LogP contribution < -0.4 is 0 Å². The minimum absolute atomic E-state index is 0.0621. The SMILES string of the molecule is C=C(F)C(=C(C)F)c1cc(C=O)ccn1. The van der Waals surface area contributed by atoms with Gasteiger partial charge in [0.05, 0.1) is 11.3 Å². The third kappa shape index (κ3) is 2.56. The highest BCUT2D eigenvalue weighted by molar-refractivity contribution is 5.80. The summed E-state index contributed by atoms with van der Waals surface area (Å²) in [5.74, 6) is -1.64. The van der Waals surface area contributed by atoms with E-state index in [-0.39, 0.29) is 11.3 Å². The number of aldehydes is 1. The maximum atomic E-state index is 13.0. The zero-order chi connectivity index (χ0) is 11.4. The van der Waals surface area contributed by atoms with Crippen molar-refractivity contribution in [2.45, 2.75) is 6.92 Å². The lowest BCUT2D eigenvalue weighted by atomic mass is 10.1. The zero-order valence-electron chi connectivity index (χ0n) is 8.13. The lowest BCUT2D eigenvalue weighted by Gasteiger charge is -2.04. The van der Waals surface area contributed by atoms with E-state index in [0.717, 1.165) is 6.92 Å². The molecule has 1 aromatic heterocycles. The van der Waals surface area contributed by atoms with Gasteiger partial charge in [-0.25, -0.2) is 8.78 Å². The Morgan fingerprint density at radius 3 is 2.67 bits per heavy atom. The van der Waals surface area contributed by atoms with Crippen molar-refractivity contribution in [2.75, 3.05) is 0 Å². The Bertz CT molecular complexity index is 434. The molecule has 0 radical (unpaired) electrons. The molecular weight excluding hydrogens is 200 g/mol. The van der Waals surface area contributed by atoms with Gasteiger partial charge in [-0.1, -0.05) is 6.58 Å². The summed E-state index contributed by atoms with van der Waals surface area (Å²) in [5, 5.41) is 0. The normalized spacial score (nSPS) is 11.9. The number of nitrogens with zero attached hydrogens (tertiary/aromatic N) is 1. The molecule has 2 nitrogen and oxygen atoms in total. The van der Waals surface area contributed by atoms with E-state index in [2.05, 4.69) is 11.6 Å². The smallest absolute Gasteiger partial charge is 0.150 e. The summed E-state index contributed by atoms with van der Waals surface area (Å²) in [6, 6.07) is 2.75. The van der Waals surface area contributed by atoms with Crippen LogP contribution in [0.25, 0.3) is 5.57 Å². The van der Waals surface area contributed by atoms with Gasteiger partial charge < -0.3 is 0 Å². The van der Waals surface area contributed by atoms with Crippen LogP contribution in [0.3, 0.4) is 0 Å². The average Bonchev–Trinajstić information content (AvgIpc) is 2.17. The number of hydrogen-bond acceptors (Lipinski definition) is 2. The van der Waals surface area contributed by atoms with Crippen LogP contribution in [0.1, 0.15) is 23.0 Å². The number of hydrogen-bond donors (Lipinski definition) is 0. The first-order valence-corrected chi connectivity index (χ1v) is 4.19. The molecule has 0 aliphatic carbocycles. The van der Waals surface area contributed by atoms with Crippen molar-refractivity contribution >= 4 is 11.9 Å². The van der Waals surface area contributed by atoms with Crippen molar-refractivity contribution in [1.82, 2.24) is 4.98 Å². The molecule has 0 spiro atoms. The first kappa shape index (κ1) is 11.2. The van der Waals surface area contributed by atoms with E-state index in [4.69, 9.17) is 0 Å². The topological polar surface area (TPSA) is 30.0 Å². The molecule has 0 bridgehead atoms. The van der Waals surface area contributed by atoms with Gasteiger partial charge in [0.25, 0.3) is 0 Å². The Morgan fingerprint density at radius 1 is 1.53 bits per heavy atom. The van der Waals surface area contributed by atoms with E-state index in [1.165, 1.54) is 18.3 Å². The lowest BCUT2D eigenvalue weighted by Crippen LogP contribution is -1.93. The van der Waals surface area contributed by atoms with E-state index in [0.29, 0.717) is 11.8 Å². The highest BCUT2D eigenvalue weighted by atomic mass is 19.1. The third-order valence-corrected chi connectivity index (χ3v) is 1.79. The van der Waals surface area contributed by atoms with Gasteiger partial charge in [0.1, 0.15) is 17.9 Å². The lowest BCUT2D eigenvalue weighted by molar-refractivity contribution is 0.112. The van der Waals surface area contributed by atoms with Crippen LogP contribution in [0.15, 0.2) is 36.6 Å². The van der Waals surface area contributed by atoms with Crippen LogP contribution in [0.5, 0.6) is 0 Å². The first-order chi connectivity index (χ1) is 7.06. The van der Waals surface area contributed by atoms with Crippen molar-refractivity contribution in [3.05, 3.63) is 47.8 Å². The monoisotopic (exact) mass is 209 g/mol. The average molecular weight is 209 g/mol. The van der Waals surface area contributed by atoms with Gasteiger partial charge in [-0.3, -0.25) is 9.78 Å². The standard InChI is InChI=1S/C11H9F2NO/c1-7(12)11(8(2)13)10-5-9(6-15)3-4-14-10/h3-6H,1H2,2H3. The summed E-state index contributed by atoms with van der Waals surface area (Å²) in [5.41, 5.74) is 0.0609. The molecule has 1 heterocycles. The Kier molecular flexibility index (Phi) is 3.44. The van der Waals surface area contributed by atoms with Crippen molar-refractivity contribution in [2.24, 2.45) is 0 Å². The second-order valence-corrected chi connectivity index (χ2v) is 2.91. The van der Waals surface area contributed by atoms with Gasteiger partial charge in [-0.2, -0.15) is 0 Å². The molecule has 0 amide bonds. The summed E-state index contributed by atoms with van der Waals surface area (Å²) in [6.07, 6.45) is 1.89. The summed E-state index contributed by atoms with van der Waals surface area (Å²) in [4.78, 5) is 14.2. The van der Waals surface area contributed by atoms with Gasteiger partial charge in [0, 0.05) is 11.8 Å². The van der Waals surface area contributed by atoms with Gasteiger partial charge >= 0.3 is 0 Å². The maximum absolute atomic E-state index is 13.0. The predicted molar refractivity (Wildman–Crippen MR) is 53.6 cm³/mol. The number of carbonyl (C=O) groups excluding carboxylic acids is 1. The van der Waals surface area contributed by atoms with Crippen LogP contribution in [0, 0.1) is 0 Å². The third-order valence-electron chi connectivity index (χ3n) is 1.79. The molecule has 0 aliphatic rings. The van der Waals surface area contributed by atoms with E-state index in [1.54, 1.807) is 0 Å². The van der Waals surface area contributed by atoms with Gasteiger partial charge in [-0.15, -0.1) is 0 Å². The van der Waals surface area contributed by atoms with E-state index < -0.39 is 11.7 Å². The van der Waals surface area contributed by atoms with Crippen LogP contribution >= 0.6 is 0 Å². The molecule has 0 fully saturated rings. The minimum atomic E-state index is -0.912. The van der Waals surface area contributed by atoms with E-state index >= 15 is 0 Å². The summed E-state index contributed by atoms with van der Waals surface area (Å²) >= 11 is 0. The van der Waals surface area contributed by atoms with Crippen molar-refractivity contribution in [3.8, 4) is 0 Å². The molecule has 78 valence electrons. The molecule has 0 aromatic carbocycles. The fraction of sp³-hybridized carbons (Fsp3) is 0.0909. The molecule has 0 unspecified atom stereocenters. The number of carbonyl (C=O) groups is 1. The number of pyridine rings is 1. The van der Waals surface area contributed by atoms with Crippen molar-refractivity contribution in [3.63, 3.8) is 0 Å². The molecule has 1 rings (SSSR count). The molecule has 1 aromatic rings. The summed E-state index contributed by atoms with van der Waals surface area (Å²) in [6.45, 7) is 4.12. The minimum Gasteiger partial charge on any atom is -0.298 e. The molecule has 0 N–H and O–H groups in total. The van der Waals surface area contributed by atoms with E-state index in [9.17, 15) is 13.6 Å². The summed E-state index contributed by atoms with van der Waals surface area (Å²) < 4.78 is 25.9. The number of allylic oxidation sites excluding steroid dienone is 3. The van der Waals surface area contributed by atoms with Gasteiger partial charge in [0.2, 0.25) is 0 Å². The Balaban J connectivity index is 3.30. The number of halogens is 2. The van der Waals surface area contributed by atoms with E-state index in [1.807, 2.05) is 0 Å². The van der Waals surface area contributed by atoms with Crippen LogP contribution in [0.4, 0.5) is 8.78 Å². The fourth-order valence-electron chi connectivity index (χ4n) is 1.16. The first-order valence-electron chi connectivity index (χ1n) is 4.19. The maximum Gasteiger partial charge on any atom is 0.150 e. The van der Waals surface area contributed by atoms with Gasteiger partial charge in [-0.05, 0) is 19.1 Å². The Labute approximate surface area is 86.0 Å². The molecular formula is C11H9F2NO. The van der Waals surface area contributed by atoms with Crippen LogP contribution in [0.2, 0.25) is 0 Å². The molecule has 0 saturated heterocycles. The quantitative estimate of drug-likeness (QED) is 0.565. The summed E-state index contributed by atoms with van der Waals surface area (Å²) in [7, 11) is 0. The van der Waals surface area contributed by atoms with Crippen LogP contribution in [-0.4, -0.2) is 11.3 Å². The largest absolute Gasteiger partial charge is 0.298 e. The van der Waals surface area contributed by atoms with Gasteiger partial charge in [0.15, 0.2) is 0 Å². The zero-order valence-corrected chi connectivity index (χ0v) is 8.13. The highest BCUT2D eigenvalue weighted by Gasteiger charge is 2.11. The highest BCUT2D eigenvalue weighted by Crippen LogP contribution is 2.25. The van der Waals surface area contributed by atoms with Crippen molar-refractivity contribution in [1.29, 1.82) is 0 Å². The van der Waals surface area contributed by atoms with Crippen molar-refractivity contribution < 1.29 is 13.6 Å². The molecule has 0 atom stereocenters. The Hall–Kier alpha value is -1.84. The predicted octanol–water partition coefficient (Wildman–Crippen LogP) is 3.08. The molecule has 15 heavy (non-hydrogen) atoms. The second kappa shape index (κ2) is 4.59. The molecule has 4 heteroatoms. The number of aromatic nitrogens is 1. The molecule has 0 saturated carbocycles. The fourth-order valence-corrected chi connectivity index (χ4v) is 1.16. The van der Waals surface area contributed by atoms with Crippen LogP contribution in [-0.2, 0) is 0 Å².